The zero-order valence-corrected chi connectivity index (χ0v) is 13.8. The van der Waals surface area contributed by atoms with Crippen LogP contribution in [0.1, 0.15) is 12.0 Å². The predicted octanol–water partition coefficient (Wildman–Crippen LogP) is 0.572. The summed E-state index contributed by atoms with van der Waals surface area (Å²) in [6.07, 6.45) is 0.848. The Morgan fingerprint density at radius 1 is 1.48 bits per heavy atom. The second kappa shape index (κ2) is 8.86. The molecule has 1 amide bonds. The Hall–Kier alpha value is -1.63. The van der Waals surface area contributed by atoms with E-state index >= 15 is 0 Å². The van der Waals surface area contributed by atoms with Crippen LogP contribution in [0.3, 0.4) is 0 Å². The van der Waals surface area contributed by atoms with Gasteiger partial charge in [-0.1, -0.05) is 12.1 Å². The monoisotopic (exact) mass is 322 g/mol. The number of amides is 1. The summed E-state index contributed by atoms with van der Waals surface area (Å²) in [5.41, 5.74) is 1.14. The number of methoxy groups -OCH3 is 1. The van der Waals surface area contributed by atoms with Crippen molar-refractivity contribution in [2.45, 2.75) is 25.5 Å². The molecule has 0 saturated carbocycles. The number of hydrogen-bond acceptors (Lipinski definition) is 5. The first-order chi connectivity index (χ1) is 11.1. The van der Waals surface area contributed by atoms with E-state index in [0.717, 1.165) is 17.7 Å². The minimum Gasteiger partial charge on any atom is -0.492 e. The summed E-state index contributed by atoms with van der Waals surface area (Å²) in [7, 11) is 1.66. The van der Waals surface area contributed by atoms with E-state index in [-0.39, 0.29) is 31.2 Å². The van der Waals surface area contributed by atoms with Crippen LogP contribution in [0.25, 0.3) is 0 Å². The molecule has 6 nitrogen and oxygen atoms in total. The van der Waals surface area contributed by atoms with Crippen molar-refractivity contribution in [3.63, 3.8) is 0 Å². The minimum atomic E-state index is -0.0620. The normalized spacial score (nSPS) is 21.3. The number of rotatable bonds is 8. The molecule has 2 rings (SSSR count). The van der Waals surface area contributed by atoms with Gasteiger partial charge in [0.25, 0.3) is 0 Å². The number of likely N-dealkylation sites (tertiary alicyclic amines) is 1. The number of aliphatic hydroxyl groups is 1. The topological polar surface area (TPSA) is 71.0 Å². The molecule has 1 aliphatic heterocycles. The van der Waals surface area contributed by atoms with Crippen LogP contribution in [0.5, 0.6) is 5.75 Å². The molecule has 0 aromatic heterocycles. The summed E-state index contributed by atoms with van der Waals surface area (Å²) in [6, 6.07) is 7.81. The molecule has 2 N–H and O–H groups in total. The van der Waals surface area contributed by atoms with Crippen molar-refractivity contribution >= 4 is 5.91 Å². The molecule has 1 aromatic rings. The Balaban J connectivity index is 1.67. The molecule has 128 valence electrons. The Kier molecular flexibility index (Phi) is 6.83. The smallest absolute Gasteiger partial charge is 0.234 e. The third kappa shape index (κ3) is 5.49. The number of benzene rings is 1. The molecule has 0 spiro atoms. The number of aryl methyl sites for hydroxylation is 1. The maximum Gasteiger partial charge on any atom is 0.234 e. The molecule has 0 bridgehead atoms. The van der Waals surface area contributed by atoms with Crippen molar-refractivity contribution in [1.82, 2.24) is 10.2 Å². The fourth-order valence-electron chi connectivity index (χ4n) is 2.80. The molecule has 1 aliphatic rings. The van der Waals surface area contributed by atoms with Gasteiger partial charge in [-0.2, -0.15) is 0 Å². The summed E-state index contributed by atoms with van der Waals surface area (Å²) in [4.78, 5) is 14.0. The maximum absolute atomic E-state index is 12.0. The van der Waals surface area contributed by atoms with Gasteiger partial charge in [0.1, 0.15) is 12.4 Å². The van der Waals surface area contributed by atoms with Crippen LogP contribution in [0.2, 0.25) is 0 Å². The predicted molar refractivity (Wildman–Crippen MR) is 87.5 cm³/mol. The lowest BCUT2D eigenvalue weighted by molar-refractivity contribution is -0.122. The highest BCUT2D eigenvalue weighted by Crippen LogP contribution is 2.19. The SMILES string of the molecule is CO[C@H]1C[C@@H](CO)N(CC(=O)NCCOc2cccc(C)c2)C1. The molecule has 0 unspecified atom stereocenters. The van der Waals surface area contributed by atoms with Crippen molar-refractivity contribution < 1.29 is 19.4 Å². The summed E-state index contributed by atoms with van der Waals surface area (Å²) < 4.78 is 10.9. The van der Waals surface area contributed by atoms with Crippen LogP contribution in [0, 0.1) is 6.92 Å². The van der Waals surface area contributed by atoms with Crippen molar-refractivity contribution in [2.75, 3.05) is 40.0 Å². The molecular weight excluding hydrogens is 296 g/mol. The molecule has 6 heteroatoms. The van der Waals surface area contributed by atoms with Gasteiger partial charge in [0.2, 0.25) is 5.91 Å². The van der Waals surface area contributed by atoms with Gasteiger partial charge in [0.05, 0.1) is 25.8 Å². The van der Waals surface area contributed by atoms with Crippen LogP contribution in [0.15, 0.2) is 24.3 Å². The number of carbonyl (C=O) groups is 1. The van der Waals surface area contributed by atoms with E-state index in [9.17, 15) is 9.90 Å². The van der Waals surface area contributed by atoms with Gasteiger partial charge < -0.3 is 19.9 Å². The first kappa shape index (κ1) is 17.7. The van der Waals surface area contributed by atoms with E-state index in [2.05, 4.69) is 5.32 Å². The van der Waals surface area contributed by atoms with Gasteiger partial charge in [0.15, 0.2) is 0 Å². The lowest BCUT2D eigenvalue weighted by Crippen LogP contribution is -2.42. The summed E-state index contributed by atoms with van der Waals surface area (Å²) in [6.45, 7) is 3.89. The zero-order valence-electron chi connectivity index (χ0n) is 13.8. The first-order valence-electron chi connectivity index (χ1n) is 7.96. The van der Waals surface area contributed by atoms with Gasteiger partial charge in [-0.05, 0) is 31.0 Å². The number of carbonyl (C=O) groups excluding carboxylic acids is 1. The van der Waals surface area contributed by atoms with Crippen molar-refractivity contribution in [2.24, 2.45) is 0 Å². The van der Waals surface area contributed by atoms with Crippen LogP contribution >= 0.6 is 0 Å². The van der Waals surface area contributed by atoms with Crippen LogP contribution in [0.4, 0.5) is 0 Å². The second-order valence-corrected chi connectivity index (χ2v) is 5.87. The lowest BCUT2D eigenvalue weighted by Gasteiger charge is -2.21. The fraction of sp³-hybridized carbons (Fsp3) is 0.588. The van der Waals surface area contributed by atoms with E-state index in [1.165, 1.54) is 0 Å². The Morgan fingerprint density at radius 2 is 2.30 bits per heavy atom. The van der Waals surface area contributed by atoms with Crippen LogP contribution in [-0.2, 0) is 9.53 Å². The maximum atomic E-state index is 12.0. The van der Waals surface area contributed by atoms with Gasteiger partial charge >= 0.3 is 0 Å². The average Bonchev–Trinajstić information content (AvgIpc) is 2.93. The highest BCUT2D eigenvalue weighted by molar-refractivity contribution is 5.78. The standard InChI is InChI=1S/C17H26N2O4/c1-13-4-3-5-15(8-13)23-7-6-18-17(21)11-19-10-16(22-2)9-14(19)12-20/h3-5,8,14,16,20H,6-7,9-12H2,1-2H3,(H,18,21)/t14-,16-/m0/s1. The Bertz CT molecular complexity index is 509. The van der Waals surface area contributed by atoms with E-state index in [4.69, 9.17) is 9.47 Å². The molecule has 23 heavy (non-hydrogen) atoms. The van der Waals surface area contributed by atoms with E-state index in [1.807, 2.05) is 36.1 Å². The number of nitrogens with one attached hydrogen (secondary N) is 1. The van der Waals surface area contributed by atoms with E-state index < -0.39 is 0 Å². The lowest BCUT2D eigenvalue weighted by atomic mass is 10.2. The van der Waals surface area contributed by atoms with E-state index in [1.54, 1.807) is 7.11 Å². The van der Waals surface area contributed by atoms with Crippen molar-refractivity contribution in [1.29, 1.82) is 0 Å². The van der Waals surface area contributed by atoms with Gasteiger partial charge in [-0.25, -0.2) is 0 Å². The number of nitrogens with zero attached hydrogens (tertiary/aromatic N) is 1. The summed E-state index contributed by atoms with van der Waals surface area (Å²) in [5.74, 6) is 0.745. The van der Waals surface area contributed by atoms with Gasteiger partial charge in [0, 0.05) is 19.7 Å². The Morgan fingerprint density at radius 3 is 3.00 bits per heavy atom. The van der Waals surface area contributed by atoms with E-state index in [0.29, 0.717) is 19.7 Å². The molecule has 1 aromatic carbocycles. The minimum absolute atomic E-state index is 0.00533. The first-order valence-corrected chi connectivity index (χ1v) is 7.96. The van der Waals surface area contributed by atoms with Crippen molar-refractivity contribution in [3.05, 3.63) is 29.8 Å². The number of ether oxygens (including phenoxy) is 2. The third-order valence-corrected chi connectivity index (χ3v) is 4.06. The summed E-state index contributed by atoms with van der Waals surface area (Å²) in [5, 5.41) is 12.2. The summed E-state index contributed by atoms with van der Waals surface area (Å²) >= 11 is 0. The highest BCUT2D eigenvalue weighted by atomic mass is 16.5. The molecule has 2 atom stereocenters. The molecular formula is C17H26N2O4. The highest BCUT2D eigenvalue weighted by Gasteiger charge is 2.32. The number of hydrogen-bond donors (Lipinski definition) is 2. The van der Waals surface area contributed by atoms with Crippen LogP contribution in [-0.4, -0.2) is 68.0 Å². The Labute approximate surface area is 137 Å². The molecule has 1 fully saturated rings. The molecule has 0 radical (unpaired) electrons. The van der Waals surface area contributed by atoms with Gasteiger partial charge in [-0.15, -0.1) is 0 Å². The largest absolute Gasteiger partial charge is 0.492 e. The quantitative estimate of drug-likeness (QED) is 0.685. The number of aliphatic hydroxyl groups excluding tert-OH is 1. The zero-order chi connectivity index (χ0) is 16.7. The van der Waals surface area contributed by atoms with Crippen molar-refractivity contribution in [3.8, 4) is 5.75 Å². The molecule has 1 saturated heterocycles. The second-order valence-electron chi connectivity index (χ2n) is 5.87. The third-order valence-electron chi connectivity index (χ3n) is 4.06. The van der Waals surface area contributed by atoms with Gasteiger partial charge in [-0.3, -0.25) is 9.69 Å². The fourth-order valence-corrected chi connectivity index (χ4v) is 2.80. The molecule has 1 heterocycles. The average molecular weight is 322 g/mol. The molecule has 0 aliphatic carbocycles. The van der Waals surface area contributed by atoms with Crippen LogP contribution < -0.4 is 10.1 Å².